The average Bonchev–Trinajstić information content (AvgIpc) is 3.38. The first-order valence-corrected chi connectivity index (χ1v) is 10.5. The maximum atomic E-state index is 12.5. The van der Waals surface area contributed by atoms with E-state index in [1.165, 1.54) is 22.9 Å². The Kier molecular flexibility index (Phi) is 5.67. The molecule has 0 aliphatic heterocycles. The van der Waals surface area contributed by atoms with Crippen LogP contribution >= 0.6 is 11.8 Å². The van der Waals surface area contributed by atoms with Gasteiger partial charge in [0.05, 0.1) is 11.4 Å². The van der Waals surface area contributed by atoms with Gasteiger partial charge in [-0.3, -0.25) is 14.5 Å². The van der Waals surface area contributed by atoms with Gasteiger partial charge in [-0.2, -0.15) is 5.10 Å². The maximum Gasteiger partial charge on any atom is 0.234 e. The summed E-state index contributed by atoms with van der Waals surface area (Å²) in [6.45, 7) is 6.03. The lowest BCUT2D eigenvalue weighted by Gasteiger charge is -2.12. The van der Waals surface area contributed by atoms with Crippen molar-refractivity contribution in [3.63, 3.8) is 0 Å². The van der Waals surface area contributed by atoms with Gasteiger partial charge in [-0.05, 0) is 50.1 Å². The van der Waals surface area contributed by atoms with E-state index in [0.29, 0.717) is 11.5 Å². The van der Waals surface area contributed by atoms with Crippen LogP contribution in [0.15, 0.2) is 60.0 Å². The molecule has 4 rings (SSSR count). The fourth-order valence-corrected chi connectivity index (χ4v) is 3.88. The van der Waals surface area contributed by atoms with Crippen molar-refractivity contribution in [3.05, 3.63) is 71.8 Å². The summed E-state index contributed by atoms with van der Waals surface area (Å²) < 4.78 is 2.02. The van der Waals surface area contributed by atoms with Gasteiger partial charge in [0.25, 0.3) is 0 Å². The maximum absolute atomic E-state index is 12.5. The summed E-state index contributed by atoms with van der Waals surface area (Å²) in [5.74, 6) is 1.51. The number of H-pyrrole nitrogens is 1. The van der Waals surface area contributed by atoms with Gasteiger partial charge in [0.1, 0.15) is 5.82 Å². The van der Waals surface area contributed by atoms with Crippen LogP contribution in [0.2, 0.25) is 0 Å². The number of carbonyl (C=O) groups is 1. The van der Waals surface area contributed by atoms with Gasteiger partial charge in [-0.15, -0.1) is 0 Å². The number of aryl methyl sites for hydroxylation is 2. The molecule has 2 heterocycles. The molecule has 152 valence electrons. The van der Waals surface area contributed by atoms with Crippen LogP contribution in [0.3, 0.4) is 0 Å². The Labute approximate surface area is 179 Å². The molecule has 0 fully saturated rings. The Balaban J connectivity index is 1.43. The standard InChI is InChI=1S/C22H22N6OS/c1-14-6-4-9-19(15(14)2)28-11-10-23-22(28)30-13-20(29)25-18-8-5-7-17(12-18)21-24-16(3)26-27-21/h4-12H,13H2,1-3H3,(H,25,29)(H,24,26,27). The predicted octanol–water partition coefficient (Wildman–Crippen LogP) is 4.31. The molecular weight excluding hydrogens is 396 g/mol. The Hall–Kier alpha value is -3.39. The molecule has 8 heteroatoms. The lowest BCUT2D eigenvalue weighted by Crippen LogP contribution is -2.14. The number of rotatable bonds is 6. The van der Waals surface area contributed by atoms with E-state index >= 15 is 0 Å². The SMILES string of the molecule is Cc1nc(-c2cccc(NC(=O)CSc3nccn3-c3cccc(C)c3C)c2)n[nH]1. The van der Waals surface area contributed by atoms with Crippen LogP contribution in [0.5, 0.6) is 0 Å². The minimum absolute atomic E-state index is 0.0983. The van der Waals surface area contributed by atoms with Gasteiger partial charge in [0.15, 0.2) is 11.0 Å². The quantitative estimate of drug-likeness (QED) is 0.456. The third-order valence-electron chi connectivity index (χ3n) is 4.78. The summed E-state index contributed by atoms with van der Waals surface area (Å²) in [6.07, 6.45) is 3.68. The number of hydrogen-bond donors (Lipinski definition) is 2. The van der Waals surface area contributed by atoms with Crippen molar-refractivity contribution in [2.24, 2.45) is 0 Å². The average molecular weight is 419 g/mol. The number of anilines is 1. The topological polar surface area (TPSA) is 88.5 Å². The van der Waals surface area contributed by atoms with Crippen molar-refractivity contribution in [2.45, 2.75) is 25.9 Å². The van der Waals surface area contributed by atoms with Crippen molar-refractivity contribution < 1.29 is 4.79 Å². The summed E-state index contributed by atoms with van der Waals surface area (Å²) >= 11 is 1.40. The first-order valence-electron chi connectivity index (χ1n) is 9.53. The predicted molar refractivity (Wildman–Crippen MR) is 119 cm³/mol. The van der Waals surface area contributed by atoms with Crippen molar-refractivity contribution in [3.8, 4) is 17.1 Å². The highest BCUT2D eigenvalue weighted by molar-refractivity contribution is 7.99. The van der Waals surface area contributed by atoms with Gasteiger partial charge >= 0.3 is 0 Å². The van der Waals surface area contributed by atoms with Crippen molar-refractivity contribution in [1.29, 1.82) is 0 Å². The molecule has 0 saturated heterocycles. The largest absolute Gasteiger partial charge is 0.325 e. The van der Waals surface area contributed by atoms with E-state index in [2.05, 4.69) is 51.5 Å². The summed E-state index contributed by atoms with van der Waals surface area (Å²) in [7, 11) is 0. The van der Waals surface area contributed by atoms with E-state index in [4.69, 9.17) is 0 Å². The second-order valence-electron chi connectivity index (χ2n) is 6.96. The molecule has 2 aromatic heterocycles. The fraction of sp³-hybridized carbons (Fsp3) is 0.182. The third kappa shape index (κ3) is 4.28. The molecule has 0 aliphatic rings. The number of imidazole rings is 1. The minimum Gasteiger partial charge on any atom is -0.325 e. The van der Waals surface area contributed by atoms with Crippen molar-refractivity contribution in [2.75, 3.05) is 11.1 Å². The van der Waals surface area contributed by atoms with E-state index in [0.717, 1.165) is 22.2 Å². The third-order valence-corrected chi connectivity index (χ3v) is 5.74. The second kappa shape index (κ2) is 8.54. The van der Waals surface area contributed by atoms with Crippen molar-refractivity contribution >= 4 is 23.4 Å². The normalized spacial score (nSPS) is 10.9. The molecule has 0 radical (unpaired) electrons. The van der Waals surface area contributed by atoms with Crippen LogP contribution in [-0.2, 0) is 4.79 Å². The number of benzene rings is 2. The van der Waals surface area contributed by atoms with Crippen LogP contribution in [0, 0.1) is 20.8 Å². The number of aromatic nitrogens is 5. The van der Waals surface area contributed by atoms with Gasteiger partial charge in [0.2, 0.25) is 5.91 Å². The second-order valence-corrected chi connectivity index (χ2v) is 7.90. The molecule has 0 atom stereocenters. The number of aromatic amines is 1. The molecule has 0 spiro atoms. The Morgan fingerprint density at radius 2 is 2.00 bits per heavy atom. The number of hydrogen-bond acceptors (Lipinski definition) is 5. The number of nitrogens with one attached hydrogen (secondary N) is 2. The molecule has 30 heavy (non-hydrogen) atoms. The molecule has 2 aromatic carbocycles. The first kappa shape index (κ1) is 19.9. The molecule has 1 amide bonds. The van der Waals surface area contributed by atoms with Gasteiger partial charge in [-0.1, -0.05) is 36.0 Å². The van der Waals surface area contributed by atoms with Crippen LogP contribution in [0.1, 0.15) is 17.0 Å². The molecule has 4 aromatic rings. The number of amides is 1. The number of carbonyl (C=O) groups excluding carboxylic acids is 1. The highest BCUT2D eigenvalue weighted by atomic mass is 32.2. The van der Waals surface area contributed by atoms with Gasteiger partial charge in [-0.25, -0.2) is 9.97 Å². The lowest BCUT2D eigenvalue weighted by molar-refractivity contribution is -0.113. The highest BCUT2D eigenvalue weighted by Gasteiger charge is 2.12. The van der Waals surface area contributed by atoms with E-state index < -0.39 is 0 Å². The highest BCUT2D eigenvalue weighted by Crippen LogP contribution is 2.25. The molecule has 0 unspecified atom stereocenters. The molecular formula is C22H22N6OS. The Morgan fingerprint density at radius 3 is 2.80 bits per heavy atom. The molecule has 0 bridgehead atoms. The summed E-state index contributed by atoms with van der Waals surface area (Å²) in [6, 6.07) is 13.7. The smallest absolute Gasteiger partial charge is 0.234 e. The lowest BCUT2D eigenvalue weighted by atomic mass is 10.1. The zero-order valence-electron chi connectivity index (χ0n) is 17.0. The number of thioether (sulfide) groups is 1. The van der Waals surface area contributed by atoms with E-state index in [1.807, 2.05) is 48.0 Å². The zero-order valence-corrected chi connectivity index (χ0v) is 17.8. The van der Waals surface area contributed by atoms with E-state index in [1.54, 1.807) is 6.20 Å². The minimum atomic E-state index is -0.0983. The summed E-state index contributed by atoms with van der Waals surface area (Å²) in [5, 5.41) is 10.7. The molecule has 0 saturated carbocycles. The van der Waals surface area contributed by atoms with Gasteiger partial charge < -0.3 is 5.32 Å². The van der Waals surface area contributed by atoms with Crippen LogP contribution in [-0.4, -0.2) is 36.4 Å². The van der Waals surface area contributed by atoms with Crippen LogP contribution in [0.25, 0.3) is 17.1 Å². The zero-order chi connectivity index (χ0) is 21.1. The van der Waals surface area contributed by atoms with E-state index in [9.17, 15) is 4.79 Å². The molecule has 2 N–H and O–H groups in total. The summed E-state index contributed by atoms with van der Waals surface area (Å²) in [5.41, 5.74) is 5.04. The van der Waals surface area contributed by atoms with Crippen molar-refractivity contribution in [1.82, 2.24) is 24.7 Å². The first-order chi connectivity index (χ1) is 14.5. The van der Waals surface area contributed by atoms with Crippen LogP contribution in [0.4, 0.5) is 5.69 Å². The van der Waals surface area contributed by atoms with Crippen LogP contribution < -0.4 is 5.32 Å². The molecule has 7 nitrogen and oxygen atoms in total. The summed E-state index contributed by atoms with van der Waals surface area (Å²) in [4.78, 5) is 21.3. The van der Waals surface area contributed by atoms with Gasteiger partial charge in [0, 0.05) is 23.6 Å². The van der Waals surface area contributed by atoms with E-state index in [-0.39, 0.29) is 11.7 Å². The monoisotopic (exact) mass is 418 g/mol. The fourth-order valence-electron chi connectivity index (χ4n) is 3.11. The Bertz CT molecular complexity index is 1200. The molecule has 0 aliphatic carbocycles. The Morgan fingerprint density at radius 1 is 1.17 bits per heavy atom. The number of nitrogens with zero attached hydrogens (tertiary/aromatic N) is 4.